The highest BCUT2D eigenvalue weighted by Gasteiger charge is 2.26. The smallest absolute Gasteiger partial charge is 0.235 e. The van der Waals surface area contributed by atoms with Gasteiger partial charge in [0.05, 0.1) is 25.2 Å². The lowest BCUT2D eigenvalue weighted by molar-refractivity contribution is -0.118. The molecule has 14 nitrogen and oxygen atoms in total. The molecule has 2 amide bonds. The standard InChI is InChI=1S/2C23H21N3O4/c2*24-22(27)13-9-17-8-12-20(15-25-17)29-23-14-21(30-26-23)16-6-10-19(11-7-16)28-18-4-2-1-3-5-18/h2*1-8,10-12,15,21H,9,13-14H2,(H2,24,27)/t2*21-/m10/s1. The lowest BCUT2D eigenvalue weighted by Gasteiger charge is -2.10. The molecule has 304 valence electrons. The number of rotatable bonds is 14. The topological polar surface area (TPSA) is 192 Å². The maximum atomic E-state index is 10.9. The van der Waals surface area contributed by atoms with Gasteiger partial charge in [-0.05, 0) is 96.8 Å². The van der Waals surface area contributed by atoms with Gasteiger partial charge in [0, 0.05) is 24.2 Å². The van der Waals surface area contributed by atoms with Crippen LogP contribution in [0.3, 0.4) is 0 Å². The normalized spacial score (nSPS) is 15.2. The molecule has 8 rings (SSSR count). The van der Waals surface area contributed by atoms with Crippen LogP contribution in [0.1, 0.15) is 60.4 Å². The van der Waals surface area contributed by atoms with Crippen molar-refractivity contribution in [2.45, 2.75) is 50.7 Å². The van der Waals surface area contributed by atoms with E-state index in [0.29, 0.717) is 49.0 Å². The number of carbonyl (C=O) groups excluding carboxylic acids is 2. The first-order valence-electron chi connectivity index (χ1n) is 19.2. The average Bonchev–Trinajstić information content (AvgIpc) is 3.95. The molecule has 0 fully saturated rings. The van der Waals surface area contributed by atoms with Gasteiger partial charge in [-0.3, -0.25) is 19.6 Å². The van der Waals surface area contributed by atoms with Crippen LogP contribution in [0.15, 0.2) is 156 Å². The molecule has 0 saturated carbocycles. The molecule has 2 aliphatic rings. The summed E-state index contributed by atoms with van der Waals surface area (Å²) in [5.74, 6) is 4.48. The summed E-state index contributed by atoms with van der Waals surface area (Å²) in [7, 11) is 0. The van der Waals surface area contributed by atoms with Crippen molar-refractivity contribution in [2.75, 3.05) is 0 Å². The van der Waals surface area contributed by atoms with E-state index < -0.39 is 0 Å². The molecule has 0 aliphatic carbocycles. The summed E-state index contributed by atoms with van der Waals surface area (Å²) >= 11 is 0. The minimum Gasteiger partial charge on any atom is -0.457 e. The van der Waals surface area contributed by atoms with Crippen LogP contribution in [0.25, 0.3) is 0 Å². The number of para-hydroxylation sites is 2. The Balaban J connectivity index is 0.000000181. The third-order valence-electron chi connectivity index (χ3n) is 9.07. The van der Waals surface area contributed by atoms with E-state index in [1.807, 2.05) is 109 Å². The number of nitrogens with two attached hydrogens (primary N) is 2. The molecule has 14 heteroatoms. The predicted molar refractivity (Wildman–Crippen MR) is 222 cm³/mol. The number of benzene rings is 4. The number of pyridine rings is 2. The summed E-state index contributed by atoms with van der Waals surface area (Å²) in [5.41, 5.74) is 13.8. The first-order valence-corrected chi connectivity index (χ1v) is 19.2. The molecule has 4 heterocycles. The van der Waals surface area contributed by atoms with Crippen molar-refractivity contribution in [2.24, 2.45) is 21.8 Å². The van der Waals surface area contributed by atoms with Crippen molar-refractivity contribution in [1.29, 1.82) is 0 Å². The van der Waals surface area contributed by atoms with Crippen molar-refractivity contribution in [3.8, 4) is 34.5 Å². The van der Waals surface area contributed by atoms with E-state index >= 15 is 0 Å². The fourth-order valence-electron chi connectivity index (χ4n) is 5.95. The number of carbonyl (C=O) groups is 2. The third kappa shape index (κ3) is 12.1. The van der Waals surface area contributed by atoms with Gasteiger partial charge < -0.3 is 40.1 Å². The van der Waals surface area contributed by atoms with Crippen molar-refractivity contribution in [3.63, 3.8) is 0 Å². The van der Waals surface area contributed by atoms with Gasteiger partial charge in [-0.1, -0.05) is 71.0 Å². The molecule has 4 N–H and O–H groups in total. The molecule has 2 aromatic heterocycles. The SMILES string of the molecule is NC(=O)CCc1ccc(OC2=NO[C@@H](c3ccc(Oc4ccccc4)cc3)C2)cn1.NC(=O)CCc1ccc(OC2=NO[C@H](c3ccc(Oc4ccccc4)cc3)C2)cn1. The van der Waals surface area contributed by atoms with Crippen LogP contribution in [-0.4, -0.2) is 33.6 Å². The molecule has 0 spiro atoms. The predicted octanol–water partition coefficient (Wildman–Crippen LogP) is 8.29. The second-order valence-electron chi connectivity index (χ2n) is 13.6. The van der Waals surface area contributed by atoms with Crippen LogP contribution in [0.5, 0.6) is 34.5 Å². The summed E-state index contributed by atoms with van der Waals surface area (Å²) in [6.45, 7) is 0. The number of primary amides is 2. The third-order valence-corrected chi connectivity index (χ3v) is 9.07. The number of aryl methyl sites for hydroxylation is 2. The van der Waals surface area contributed by atoms with E-state index in [4.69, 9.17) is 40.1 Å². The molecule has 2 aliphatic heterocycles. The molecule has 0 saturated heterocycles. The van der Waals surface area contributed by atoms with Crippen LogP contribution in [-0.2, 0) is 32.1 Å². The Labute approximate surface area is 346 Å². The fourth-order valence-corrected chi connectivity index (χ4v) is 5.95. The van der Waals surface area contributed by atoms with Gasteiger partial charge in [0.1, 0.15) is 34.5 Å². The zero-order valence-electron chi connectivity index (χ0n) is 32.5. The zero-order chi connectivity index (χ0) is 41.5. The zero-order valence-corrected chi connectivity index (χ0v) is 32.5. The summed E-state index contributed by atoms with van der Waals surface area (Å²) in [4.78, 5) is 41.3. The van der Waals surface area contributed by atoms with Gasteiger partial charge in [-0.15, -0.1) is 0 Å². The Kier molecular flexibility index (Phi) is 13.6. The Morgan fingerprint density at radius 1 is 0.483 bits per heavy atom. The number of oxime groups is 2. The van der Waals surface area contributed by atoms with E-state index in [9.17, 15) is 9.59 Å². The minimum absolute atomic E-state index is 0.214. The van der Waals surface area contributed by atoms with Crippen molar-refractivity contribution in [3.05, 3.63) is 168 Å². The van der Waals surface area contributed by atoms with E-state index in [1.165, 1.54) is 0 Å². The molecule has 0 unspecified atom stereocenters. The molecule has 60 heavy (non-hydrogen) atoms. The molecule has 0 radical (unpaired) electrons. The van der Waals surface area contributed by atoms with Gasteiger partial charge in [0.2, 0.25) is 23.6 Å². The summed E-state index contributed by atoms with van der Waals surface area (Å²) in [5, 5.41) is 8.07. The molecular formula is C46H42N6O8. The Morgan fingerprint density at radius 2 is 0.850 bits per heavy atom. The molecule has 4 aromatic carbocycles. The van der Waals surface area contributed by atoms with E-state index in [2.05, 4.69) is 20.3 Å². The number of hydrogen-bond donors (Lipinski definition) is 2. The largest absolute Gasteiger partial charge is 0.457 e. The number of aromatic nitrogens is 2. The average molecular weight is 807 g/mol. The summed E-state index contributed by atoms with van der Waals surface area (Å²) in [6, 6.07) is 41.8. The van der Waals surface area contributed by atoms with Gasteiger partial charge >= 0.3 is 0 Å². The first kappa shape index (κ1) is 40.5. The monoisotopic (exact) mass is 806 g/mol. The lowest BCUT2D eigenvalue weighted by Crippen LogP contribution is -2.11. The molecule has 6 aromatic rings. The maximum Gasteiger partial charge on any atom is 0.235 e. The highest BCUT2D eigenvalue weighted by Crippen LogP contribution is 2.32. The highest BCUT2D eigenvalue weighted by molar-refractivity contribution is 5.80. The van der Waals surface area contributed by atoms with Crippen molar-refractivity contribution >= 4 is 23.6 Å². The van der Waals surface area contributed by atoms with Crippen LogP contribution >= 0.6 is 0 Å². The van der Waals surface area contributed by atoms with Gasteiger partial charge in [0.25, 0.3) is 0 Å². The van der Waals surface area contributed by atoms with Crippen molar-refractivity contribution < 1.29 is 38.2 Å². The quantitative estimate of drug-likeness (QED) is 0.108. The summed E-state index contributed by atoms with van der Waals surface area (Å²) < 4.78 is 23.1. The number of hydrogen-bond acceptors (Lipinski definition) is 12. The van der Waals surface area contributed by atoms with Crippen molar-refractivity contribution in [1.82, 2.24) is 9.97 Å². The lowest BCUT2D eigenvalue weighted by atomic mass is 10.1. The fraction of sp³-hybridized carbons (Fsp3) is 0.174. The highest BCUT2D eigenvalue weighted by atomic mass is 16.7. The van der Waals surface area contributed by atoms with E-state index in [-0.39, 0.29) is 36.9 Å². The second-order valence-corrected chi connectivity index (χ2v) is 13.6. The van der Waals surface area contributed by atoms with Crippen LogP contribution in [0.4, 0.5) is 0 Å². The second kappa shape index (κ2) is 20.1. The number of ether oxygens (including phenoxy) is 4. The molecule has 0 bridgehead atoms. The van der Waals surface area contributed by atoms with Gasteiger partial charge in [-0.2, -0.15) is 0 Å². The van der Waals surface area contributed by atoms with Crippen LogP contribution in [0, 0.1) is 0 Å². The molecule has 2 atom stereocenters. The van der Waals surface area contributed by atoms with Crippen LogP contribution in [0.2, 0.25) is 0 Å². The number of nitrogens with zero attached hydrogens (tertiary/aromatic N) is 4. The van der Waals surface area contributed by atoms with Gasteiger partial charge in [-0.25, -0.2) is 0 Å². The first-order chi connectivity index (χ1) is 29.3. The maximum absolute atomic E-state index is 10.9. The Bertz CT molecular complexity index is 2210. The Hall–Kier alpha value is -7.74. The van der Waals surface area contributed by atoms with E-state index in [1.54, 1.807) is 36.7 Å². The Morgan fingerprint density at radius 3 is 1.20 bits per heavy atom. The van der Waals surface area contributed by atoms with Gasteiger partial charge in [0.15, 0.2) is 12.2 Å². The van der Waals surface area contributed by atoms with Crippen LogP contribution < -0.4 is 30.4 Å². The summed E-state index contributed by atoms with van der Waals surface area (Å²) in [6.07, 6.45) is 5.35. The number of amides is 2. The van der Waals surface area contributed by atoms with E-state index in [0.717, 1.165) is 45.5 Å². The molecular weight excluding hydrogens is 765 g/mol. The minimum atomic E-state index is -0.347.